The Hall–Kier alpha value is -0.180. The molecule has 0 fully saturated rings. The lowest BCUT2D eigenvalue weighted by Crippen LogP contribution is -2.09. The minimum absolute atomic E-state index is 0.0323. The minimum Gasteiger partial charge on any atom is -0.235 e. The summed E-state index contributed by atoms with van der Waals surface area (Å²) in [4.78, 5) is 0. The van der Waals surface area contributed by atoms with Crippen molar-refractivity contribution < 1.29 is 4.21 Å². The first-order valence-corrected chi connectivity index (χ1v) is 4.96. The Labute approximate surface area is 71.7 Å². The zero-order chi connectivity index (χ0) is 9.07. The van der Waals surface area contributed by atoms with Gasteiger partial charge < -0.3 is 0 Å². The molecule has 0 rings (SSSR count). The number of rotatable bonds is 2. The lowest BCUT2D eigenvalue weighted by atomic mass is 10.00. The monoisotopic (exact) mass is 175 g/mol. The molecule has 0 N–H and O–H groups in total. The Kier molecular flexibility index (Phi) is 3.93. The van der Waals surface area contributed by atoms with Crippen LogP contribution < -0.4 is 0 Å². The van der Waals surface area contributed by atoms with E-state index < -0.39 is 11.0 Å². The Morgan fingerprint density at radius 1 is 1.36 bits per heavy atom. The first-order chi connectivity index (χ1) is 4.83. The van der Waals surface area contributed by atoms with Gasteiger partial charge in [-0.1, -0.05) is 20.8 Å². The van der Waals surface area contributed by atoms with Gasteiger partial charge in [0.15, 0.2) is 0 Å². The summed E-state index contributed by atoms with van der Waals surface area (Å²) < 4.78 is 15.0. The molecule has 66 valence electrons. The smallest absolute Gasteiger partial charge is 0.141 e. The quantitative estimate of drug-likeness (QED) is 0.591. The van der Waals surface area contributed by atoms with Crippen LogP contribution in [-0.2, 0) is 11.0 Å². The molecule has 0 aliphatic rings. The molecule has 0 aliphatic carbocycles. The van der Waals surface area contributed by atoms with Crippen molar-refractivity contribution in [2.45, 2.75) is 39.9 Å². The van der Waals surface area contributed by atoms with E-state index in [2.05, 4.69) is 4.40 Å². The largest absolute Gasteiger partial charge is 0.235 e. The predicted molar refractivity (Wildman–Crippen MR) is 51.2 cm³/mol. The van der Waals surface area contributed by atoms with Gasteiger partial charge >= 0.3 is 0 Å². The van der Waals surface area contributed by atoms with Gasteiger partial charge in [0.25, 0.3) is 0 Å². The second-order valence-corrected chi connectivity index (χ2v) is 5.63. The summed E-state index contributed by atoms with van der Waals surface area (Å²) >= 11 is 0. The fraction of sp³-hybridized carbons (Fsp3) is 0.875. The van der Waals surface area contributed by atoms with Crippen LogP contribution in [0.3, 0.4) is 0 Å². The highest BCUT2D eigenvalue weighted by Gasteiger charge is 2.07. The van der Waals surface area contributed by atoms with E-state index in [-0.39, 0.29) is 10.7 Å². The fourth-order valence-corrected chi connectivity index (χ4v) is 0.995. The molecule has 1 atom stereocenters. The second kappa shape index (κ2) is 4.00. The third-order valence-electron chi connectivity index (χ3n) is 0.947. The summed E-state index contributed by atoms with van der Waals surface area (Å²) in [5.41, 5.74) is 0.0323. The third-order valence-corrected chi connectivity index (χ3v) is 2.07. The van der Waals surface area contributed by atoms with E-state index in [4.69, 9.17) is 0 Å². The van der Waals surface area contributed by atoms with Gasteiger partial charge in [-0.2, -0.15) is 4.40 Å². The van der Waals surface area contributed by atoms with E-state index in [1.165, 1.54) is 0 Å². The SMILES string of the molecule is CC(C)S(=O)N=CC(C)(C)C. The summed E-state index contributed by atoms with van der Waals surface area (Å²) in [6.45, 7) is 9.91. The van der Waals surface area contributed by atoms with Crippen LogP contribution in [0.5, 0.6) is 0 Å². The van der Waals surface area contributed by atoms with Crippen molar-refractivity contribution in [2.75, 3.05) is 0 Å². The van der Waals surface area contributed by atoms with E-state index in [1.54, 1.807) is 6.21 Å². The highest BCUT2D eigenvalue weighted by Crippen LogP contribution is 2.09. The van der Waals surface area contributed by atoms with E-state index >= 15 is 0 Å². The molecule has 0 bridgehead atoms. The van der Waals surface area contributed by atoms with Crippen molar-refractivity contribution >= 4 is 17.2 Å². The molecule has 2 nitrogen and oxygen atoms in total. The molecule has 0 radical (unpaired) electrons. The van der Waals surface area contributed by atoms with E-state index in [0.29, 0.717) is 0 Å². The van der Waals surface area contributed by atoms with E-state index in [1.807, 2.05) is 34.6 Å². The highest BCUT2D eigenvalue weighted by atomic mass is 32.2. The van der Waals surface area contributed by atoms with Gasteiger partial charge in [0, 0.05) is 6.21 Å². The first kappa shape index (κ1) is 10.8. The maximum absolute atomic E-state index is 11.1. The van der Waals surface area contributed by atoms with Crippen molar-refractivity contribution in [3.63, 3.8) is 0 Å². The summed E-state index contributed by atoms with van der Waals surface area (Å²) in [5.74, 6) is 0. The molecule has 0 aromatic heterocycles. The Morgan fingerprint density at radius 3 is 2.09 bits per heavy atom. The van der Waals surface area contributed by atoms with Crippen LogP contribution in [-0.4, -0.2) is 15.7 Å². The van der Waals surface area contributed by atoms with Gasteiger partial charge in [-0.3, -0.25) is 0 Å². The van der Waals surface area contributed by atoms with Crippen molar-refractivity contribution in [1.82, 2.24) is 0 Å². The molecular weight excluding hydrogens is 158 g/mol. The second-order valence-electron chi connectivity index (χ2n) is 3.93. The van der Waals surface area contributed by atoms with Gasteiger partial charge in [0.1, 0.15) is 11.0 Å². The molecule has 3 heteroatoms. The number of hydrogen-bond donors (Lipinski definition) is 0. The molecule has 0 aromatic rings. The molecule has 0 saturated heterocycles. The summed E-state index contributed by atoms with van der Waals surface area (Å²) in [6, 6.07) is 0. The lowest BCUT2D eigenvalue weighted by Gasteiger charge is -2.09. The van der Waals surface area contributed by atoms with Gasteiger partial charge in [-0.05, 0) is 19.3 Å². The number of hydrogen-bond acceptors (Lipinski definition) is 1. The Balaban J connectivity index is 4.05. The highest BCUT2D eigenvalue weighted by molar-refractivity contribution is 7.84. The van der Waals surface area contributed by atoms with Crippen LogP contribution in [0.25, 0.3) is 0 Å². The fourth-order valence-electron chi connectivity index (χ4n) is 0.332. The van der Waals surface area contributed by atoms with E-state index in [9.17, 15) is 4.21 Å². The molecule has 0 aromatic carbocycles. The van der Waals surface area contributed by atoms with Crippen LogP contribution in [0.1, 0.15) is 34.6 Å². The molecular formula is C8H17NOS. The van der Waals surface area contributed by atoms with Gasteiger partial charge in [-0.25, -0.2) is 4.21 Å². The number of nitrogens with zero attached hydrogens (tertiary/aromatic N) is 1. The maximum Gasteiger partial charge on any atom is 0.141 e. The molecule has 0 heterocycles. The van der Waals surface area contributed by atoms with Crippen LogP contribution in [0.4, 0.5) is 0 Å². The van der Waals surface area contributed by atoms with Crippen LogP contribution in [0.2, 0.25) is 0 Å². The lowest BCUT2D eigenvalue weighted by molar-refractivity contribution is 0.607. The predicted octanol–water partition coefficient (Wildman–Crippen LogP) is 2.18. The molecule has 0 saturated carbocycles. The van der Waals surface area contributed by atoms with Crippen molar-refractivity contribution in [3.8, 4) is 0 Å². The molecule has 0 spiro atoms. The maximum atomic E-state index is 11.1. The molecule has 0 amide bonds. The van der Waals surface area contributed by atoms with Crippen LogP contribution in [0, 0.1) is 5.41 Å². The first-order valence-electron chi connectivity index (χ1n) is 3.79. The van der Waals surface area contributed by atoms with Crippen LogP contribution >= 0.6 is 0 Å². The average molecular weight is 175 g/mol. The summed E-state index contributed by atoms with van der Waals surface area (Å²) in [5, 5.41) is 0.119. The van der Waals surface area contributed by atoms with Gasteiger partial charge in [-0.15, -0.1) is 0 Å². The zero-order valence-corrected chi connectivity index (χ0v) is 8.73. The van der Waals surface area contributed by atoms with Crippen LogP contribution in [0.15, 0.2) is 4.40 Å². The van der Waals surface area contributed by atoms with Gasteiger partial charge in [0.2, 0.25) is 0 Å². The standard InChI is InChI=1S/C8H17NOS/c1-7(2)11(10)9-6-8(3,4)5/h6-7H,1-5H3. The van der Waals surface area contributed by atoms with E-state index in [0.717, 1.165) is 0 Å². The molecule has 0 aliphatic heterocycles. The Bertz CT molecular complexity index is 167. The van der Waals surface area contributed by atoms with Crippen molar-refractivity contribution in [1.29, 1.82) is 0 Å². The Morgan fingerprint density at radius 2 is 1.82 bits per heavy atom. The summed E-state index contributed by atoms with van der Waals surface area (Å²) in [6.07, 6.45) is 1.75. The van der Waals surface area contributed by atoms with Crippen molar-refractivity contribution in [2.24, 2.45) is 9.81 Å². The van der Waals surface area contributed by atoms with Gasteiger partial charge in [0.05, 0.1) is 5.25 Å². The average Bonchev–Trinajstić information content (AvgIpc) is 1.80. The molecule has 1 unspecified atom stereocenters. The minimum atomic E-state index is -1.05. The van der Waals surface area contributed by atoms with Crippen molar-refractivity contribution in [3.05, 3.63) is 0 Å². The normalized spacial score (nSPS) is 16.2. The topological polar surface area (TPSA) is 29.4 Å². The molecule has 11 heavy (non-hydrogen) atoms. The zero-order valence-electron chi connectivity index (χ0n) is 7.92. The third kappa shape index (κ3) is 6.23. The summed E-state index contributed by atoms with van der Waals surface area (Å²) in [7, 11) is -1.05.